The van der Waals surface area contributed by atoms with Crippen LogP contribution in [-0.2, 0) is 5.92 Å². The lowest BCUT2D eigenvalue weighted by molar-refractivity contribution is -0.441. The van der Waals surface area contributed by atoms with Gasteiger partial charge in [-0.2, -0.15) is 77.5 Å². The number of ether oxygens (including phenoxy) is 1. The normalized spacial score (nSPS) is 13.4. The van der Waals surface area contributed by atoms with Crippen LogP contribution in [0.2, 0.25) is 0 Å². The summed E-state index contributed by atoms with van der Waals surface area (Å²) in [5, 5.41) is 16.5. The van der Waals surface area contributed by atoms with Crippen molar-refractivity contribution in [3.05, 3.63) is 108 Å². The molecule has 0 heterocycles. The maximum absolute atomic E-state index is 14.5. The maximum Gasteiger partial charge on any atom is 0.460 e. The van der Waals surface area contributed by atoms with Crippen molar-refractivity contribution in [1.29, 1.82) is 0 Å². The molecule has 0 saturated carbocycles. The van der Waals surface area contributed by atoms with Crippen LogP contribution >= 0.6 is 0 Å². The van der Waals surface area contributed by atoms with Gasteiger partial charge >= 0.3 is 41.8 Å². The van der Waals surface area contributed by atoms with E-state index in [1.54, 1.807) is 24.3 Å². The van der Waals surface area contributed by atoms with Gasteiger partial charge in [-0.3, -0.25) is 0 Å². The van der Waals surface area contributed by atoms with Crippen molar-refractivity contribution >= 4 is 34.4 Å². The van der Waals surface area contributed by atoms with E-state index in [1.165, 1.54) is 24.3 Å². The van der Waals surface area contributed by atoms with Crippen molar-refractivity contribution in [2.75, 3.05) is 18.0 Å². The smallest absolute Gasteiger partial charge is 0.423 e. The molecule has 0 aliphatic carbocycles. The average molecular weight is 796 g/mol. The van der Waals surface area contributed by atoms with Crippen molar-refractivity contribution in [1.82, 2.24) is 0 Å². The third-order valence-corrected chi connectivity index (χ3v) is 7.85. The summed E-state index contributed by atoms with van der Waals surface area (Å²) in [7, 11) is 0. The number of halogens is 13. The second-order valence-corrected chi connectivity index (χ2v) is 11.4. The van der Waals surface area contributed by atoms with Gasteiger partial charge in [0.05, 0.1) is 28.3 Å². The third-order valence-electron chi connectivity index (χ3n) is 7.85. The first kappa shape index (κ1) is 42.2. The molecule has 7 nitrogen and oxygen atoms in total. The number of hydrogen-bond donors (Lipinski definition) is 0. The maximum atomic E-state index is 14.5. The van der Waals surface area contributed by atoms with Crippen molar-refractivity contribution in [2.24, 2.45) is 20.5 Å². The zero-order chi connectivity index (χ0) is 41.0. The largest absolute Gasteiger partial charge is 0.460 e. The molecule has 0 aliphatic heterocycles. The first-order valence-corrected chi connectivity index (χ1v) is 15.7. The molecule has 0 unspecified atom stereocenters. The summed E-state index contributed by atoms with van der Waals surface area (Å²) in [4.78, 5) is 14.6. The lowest BCUT2D eigenvalue weighted by Gasteiger charge is -2.39. The molecule has 4 aromatic rings. The summed E-state index contributed by atoms with van der Waals surface area (Å²) in [6.07, 6.45) is -7.51. The molecule has 294 valence electrons. The minimum Gasteiger partial charge on any atom is -0.423 e. The van der Waals surface area contributed by atoms with Gasteiger partial charge in [0.25, 0.3) is 0 Å². The number of alkyl halides is 13. The number of rotatable bonds is 14. The Morgan fingerprint density at radius 3 is 1.25 bits per heavy atom. The quantitative estimate of drug-likeness (QED) is 0.0552. The zero-order valence-corrected chi connectivity index (χ0v) is 28.1. The molecule has 0 N–H and O–H groups in total. The Labute approximate surface area is 303 Å². The Kier molecular flexibility index (Phi) is 12.0. The van der Waals surface area contributed by atoms with Crippen LogP contribution in [0.5, 0.6) is 5.75 Å². The van der Waals surface area contributed by atoms with Gasteiger partial charge in [-0.25, -0.2) is 4.79 Å². The fourth-order valence-electron chi connectivity index (χ4n) is 4.65. The minimum absolute atomic E-state index is 0.133. The van der Waals surface area contributed by atoms with Crippen LogP contribution in [0.15, 0.2) is 118 Å². The molecule has 0 amide bonds. The highest BCUT2D eigenvalue weighted by Crippen LogP contribution is 2.62. The number of benzene rings is 4. The van der Waals surface area contributed by atoms with Gasteiger partial charge in [-0.1, -0.05) is 12.1 Å². The van der Waals surface area contributed by atoms with E-state index in [1.807, 2.05) is 24.3 Å². The summed E-state index contributed by atoms with van der Waals surface area (Å²) in [6.45, 7) is 5.85. The Hall–Kier alpha value is -5.56. The SMILES string of the molecule is CCN(CC)c1ccc(N=Nc2ccc(N=Nc3ccc(OC(=O)c4ccc(C(F)(F)C(F)(F)C(F)(F)C(F)(F)C(F)(F)C(F)(F)F)cc4)cc3)cc2)cc1. The monoisotopic (exact) mass is 795 g/mol. The molecular weight excluding hydrogens is 769 g/mol. The first-order chi connectivity index (χ1) is 25.5. The molecule has 4 aromatic carbocycles. The molecular formula is C35H26F13N5O2. The van der Waals surface area contributed by atoms with Crippen LogP contribution in [0, 0.1) is 0 Å². The summed E-state index contributed by atoms with van der Waals surface area (Å²) < 4.78 is 180. The number of esters is 1. The molecule has 0 radical (unpaired) electrons. The van der Waals surface area contributed by atoms with E-state index in [9.17, 15) is 61.9 Å². The van der Waals surface area contributed by atoms with Crippen molar-refractivity contribution in [2.45, 2.75) is 49.6 Å². The highest BCUT2D eigenvalue weighted by atomic mass is 19.4. The van der Waals surface area contributed by atoms with Crippen LogP contribution in [0.1, 0.15) is 29.8 Å². The van der Waals surface area contributed by atoms with Gasteiger partial charge in [0.2, 0.25) is 0 Å². The van der Waals surface area contributed by atoms with Gasteiger partial charge in [0.15, 0.2) is 0 Å². The van der Waals surface area contributed by atoms with E-state index in [0.29, 0.717) is 29.2 Å². The second-order valence-electron chi connectivity index (χ2n) is 11.4. The summed E-state index contributed by atoms with van der Waals surface area (Å²) in [6, 6.07) is 19.6. The highest BCUT2D eigenvalue weighted by Gasteiger charge is 2.90. The molecule has 20 heteroatoms. The molecule has 0 spiro atoms. The van der Waals surface area contributed by atoms with Gasteiger partial charge in [-0.05, 0) is 98.8 Å². The Morgan fingerprint density at radius 1 is 0.509 bits per heavy atom. The van der Waals surface area contributed by atoms with Gasteiger partial charge in [-0.15, -0.1) is 0 Å². The summed E-state index contributed by atoms with van der Waals surface area (Å²) >= 11 is 0. The number of hydrogen-bond acceptors (Lipinski definition) is 7. The lowest BCUT2D eigenvalue weighted by atomic mass is 9.90. The standard InChI is InChI=1S/C35H26F13N5O2/c1-3-53(4-2)27-17-13-25(14-18-27)51-49-23-9-11-24(12-10-23)50-52-26-15-19-28(20-16-26)55-29(54)21-5-7-22(8-6-21)30(36,37)31(38,39)32(40,41)33(42,43)34(44,45)35(46,47)48/h5-20H,3-4H2,1-2H3. The van der Waals surface area contributed by atoms with Crippen molar-refractivity contribution in [3.8, 4) is 5.75 Å². The van der Waals surface area contributed by atoms with Crippen LogP contribution in [0.4, 0.5) is 85.5 Å². The number of nitrogens with zero attached hydrogens (tertiary/aromatic N) is 5. The average Bonchev–Trinajstić information content (AvgIpc) is 3.14. The van der Waals surface area contributed by atoms with Gasteiger partial charge in [0, 0.05) is 24.3 Å². The highest BCUT2D eigenvalue weighted by molar-refractivity contribution is 5.91. The number of carbonyl (C=O) groups is 1. The van der Waals surface area contributed by atoms with Gasteiger partial charge < -0.3 is 9.64 Å². The van der Waals surface area contributed by atoms with Gasteiger partial charge in [0.1, 0.15) is 5.75 Å². The van der Waals surface area contributed by atoms with Crippen molar-refractivity contribution in [3.63, 3.8) is 0 Å². The van der Waals surface area contributed by atoms with Crippen molar-refractivity contribution < 1.29 is 66.6 Å². The first-order valence-electron chi connectivity index (χ1n) is 15.7. The predicted molar refractivity (Wildman–Crippen MR) is 172 cm³/mol. The lowest BCUT2D eigenvalue weighted by Crippen LogP contribution is -2.69. The van der Waals surface area contributed by atoms with E-state index in [-0.39, 0.29) is 23.6 Å². The molecule has 4 rings (SSSR count). The molecule has 0 aromatic heterocycles. The number of azo groups is 2. The van der Waals surface area contributed by atoms with E-state index >= 15 is 0 Å². The molecule has 0 fully saturated rings. The molecule has 0 bridgehead atoms. The molecule has 0 atom stereocenters. The van der Waals surface area contributed by atoms with Crippen LogP contribution < -0.4 is 9.64 Å². The molecule has 0 aliphatic rings. The number of carbonyl (C=O) groups excluding carboxylic acids is 1. The van der Waals surface area contributed by atoms with E-state index in [4.69, 9.17) is 4.74 Å². The fraction of sp³-hybridized carbons (Fsp3) is 0.286. The fourth-order valence-corrected chi connectivity index (χ4v) is 4.65. The van der Waals surface area contributed by atoms with Crippen LogP contribution in [-0.4, -0.2) is 48.9 Å². The van der Waals surface area contributed by atoms with Crippen LogP contribution in [0.25, 0.3) is 0 Å². The molecule has 0 saturated heterocycles. The zero-order valence-electron chi connectivity index (χ0n) is 28.1. The predicted octanol–water partition coefficient (Wildman–Crippen LogP) is 12.8. The Morgan fingerprint density at radius 2 is 0.873 bits per heavy atom. The van der Waals surface area contributed by atoms with E-state index < -0.39 is 52.9 Å². The Balaban J connectivity index is 1.37. The molecule has 55 heavy (non-hydrogen) atoms. The Bertz CT molecular complexity index is 1980. The topological polar surface area (TPSA) is 79.0 Å². The summed E-state index contributed by atoms with van der Waals surface area (Å²) in [5.74, 6) is -39.3. The minimum atomic E-state index is -8.02. The summed E-state index contributed by atoms with van der Waals surface area (Å²) in [5.41, 5.74) is 0.0466. The third kappa shape index (κ3) is 8.41. The van der Waals surface area contributed by atoms with E-state index in [0.717, 1.165) is 18.8 Å². The van der Waals surface area contributed by atoms with Crippen LogP contribution in [0.3, 0.4) is 0 Å². The second kappa shape index (κ2) is 15.7. The number of anilines is 1. The van der Waals surface area contributed by atoms with E-state index in [2.05, 4.69) is 39.2 Å².